The maximum atomic E-state index is 11.1. The summed E-state index contributed by atoms with van der Waals surface area (Å²) in [4.78, 5) is 33.1. The average Bonchev–Trinajstić information content (AvgIpc) is 2.68. The standard InChI is InChI=1S/C11H8O7/c1-5(12)6-2-3-7-8(4-6)18-11(17-7,9(13)14)10(15)16/h2-4H,1H3,(H,13,14)(H,15,16). The fourth-order valence-corrected chi connectivity index (χ4v) is 1.49. The molecule has 0 saturated carbocycles. The van der Waals surface area contributed by atoms with E-state index in [9.17, 15) is 14.4 Å². The van der Waals surface area contributed by atoms with Crippen molar-refractivity contribution >= 4 is 17.7 Å². The third kappa shape index (κ3) is 1.56. The molecule has 7 nitrogen and oxygen atoms in total. The van der Waals surface area contributed by atoms with Gasteiger partial charge in [0.2, 0.25) is 0 Å². The van der Waals surface area contributed by atoms with Crippen LogP contribution in [0.3, 0.4) is 0 Å². The van der Waals surface area contributed by atoms with Gasteiger partial charge in [-0.2, -0.15) is 0 Å². The van der Waals surface area contributed by atoms with Crippen molar-refractivity contribution < 1.29 is 34.1 Å². The van der Waals surface area contributed by atoms with E-state index in [1.165, 1.54) is 25.1 Å². The zero-order chi connectivity index (χ0) is 13.5. The zero-order valence-corrected chi connectivity index (χ0v) is 9.17. The lowest BCUT2D eigenvalue weighted by molar-refractivity contribution is -0.194. The summed E-state index contributed by atoms with van der Waals surface area (Å²) in [6.07, 6.45) is 0. The number of fused-ring (bicyclic) bond motifs is 1. The predicted octanol–water partition coefficient (Wildman–Crippen LogP) is 0.526. The summed E-state index contributed by atoms with van der Waals surface area (Å²) in [6.45, 7) is 1.32. The topological polar surface area (TPSA) is 110 Å². The molecule has 0 fully saturated rings. The third-order valence-corrected chi connectivity index (χ3v) is 2.42. The van der Waals surface area contributed by atoms with Gasteiger partial charge in [0, 0.05) is 5.56 Å². The molecule has 0 aliphatic carbocycles. The van der Waals surface area contributed by atoms with Crippen molar-refractivity contribution in [3.63, 3.8) is 0 Å². The first-order valence-electron chi connectivity index (χ1n) is 4.86. The van der Waals surface area contributed by atoms with E-state index in [0.717, 1.165) is 0 Å². The number of benzene rings is 1. The van der Waals surface area contributed by atoms with Crippen LogP contribution in [0.15, 0.2) is 18.2 Å². The van der Waals surface area contributed by atoms with E-state index in [2.05, 4.69) is 0 Å². The monoisotopic (exact) mass is 252 g/mol. The minimum absolute atomic E-state index is 0.0372. The highest BCUT2D eigenvalue weighted by molar-refractivity contribution is 6.02. The molecule has 0 saturated heterocycles. The maximum Gasteiger partial charge on any atom is 0.453 e. The van der Waals surface area contributed by atoms with Gasteiger partial charge in [-0.1, -0.05) is 0 Å². The highest BCUT2D eigenvalue weighted by Gasteiger charge is 2.57. The van der Waals surface area contributed by atoms with Gasteiger partial charge >= 0.3 is 17.7 Å². The van der Waals surface area contributed by atoms with Crippen molar-refractivity contribution in [3.8, 4) is 11.5 Å². The molecule has 2 N–H and O–H groups in total. The molecule has 0 aromatic heterocycles. The van der Waals surface area contributed by atoms with Crippen LogP contribution in [0.2, 0.25) is 0 Å². The molecule has 1 heterocycles. The van der Waals surface area contributed by atoms with E-state index >= 15 is 0 Å². The van der Waals surface area contributed by atoms with E-state index < -0.39 is 17.7 Å². The zero-order valence-electron chi connectivity index (χ0n) is 9.17. The van der Waals surface area contributed by atoms with Gasteiger partial charge in [0.25, 0.3) is 0 Å². The van der Waals surface area contributed by atoms with Gasteiger partial charge in [-0.25, -0.2) is 9.59 Å². The molecule has 18 heavy (non-hydrogen) atoms. The first-order valence-corrected chi connectivity index (χ1v) is 4.86. The first-order chi connectivity index (χ1) is 8.36. The molecule has 1 aromatic carbocycles. The molecule has 0 radical (unpaired) electrons. The highest BCUT2D eigenvalue weighted by Crippen LogP contribution is 2.40. The number of rotatable bonds is 3. The second-order valence-electron chi connectivity index (χ2n) is 3.65. The molecule has 7 heteroatoms. The van der Waals surface area contributed by atoms with Gasteiger partial charge in [0.05, 0.1) is 0 Å². The smallest absolute Gasteiger partial charge is 0.453 e. The average molecular weight is 252 g/mol. The predicted molar refractivity (Wildman–Crippen MR) is 55.7 cm³/mol. The summed E-state index contributed by atoms with van der Waals surface area (Å²) in [6, 6.07) is 3.93. The molecule has 0 bridgehead atoms. The number of ether oxygens (including phenoxy) is 2. The number of carboxylic acids is 2. The normalized spacial score (nSPS) is 15.2. The Morgan fingerprint density at radius 3 is 2.11 bits per heavy atom. The van der Waals surface area contributed by atoms with Crippen molar-refractivity contribution in [1.82, 2.24) is 0 Å². The first kappa shape index (κ1) is 11.9. The molecule has 1 aliphatic heterocycles. The van der Waals surface area contributed by atoms with Crippen LogP contribution in [0.5, 0.6) is 11.5 Å². The maximum absolute atomic E-state index is 11.1. The van der Waals surface area contributed by atoms with Gasteiger partial charge < -0.3 is 19.7 Å². The summed E-state index contributed by atoms with van der Waals surface area (Å²) in [5, 5.41) is 17.8. The van der Waals surface area contributed by atoms with E-state index in [1.807, 2.05) is 0 Å². The number of carbonyl (C=O) groups is 3. The van der Waals surface area contributed by atoms with Crippen LogP contribution in [-0.2, 0) is 9.59 Å². The lowest BCUT2D eigenvalue weighted by Crippen LogP contribution is -2.54. The van der Waals surface area contributed by atoms with Crippen molar-refractivity contribution in [1.29, 1.82) is 0 Å². The number of hydrogen-bond acceptors (Lipinski definition) is 5. The molecular formula is C11H8O7. The van der Waals surface area contributed by atoms with E-state index in [4.69, 9.17) is 19.7 Å². The van der Waals surface area contributed by atoms with Gasteiger partial charge in [-0.3, -0.25) is 4.79 Å². The molecule has 0 atom stereocenters. The Labute approximate surface area is 101 Å². The van der Waals surface area contributed by atoms with Crippen molar-refractivity contribution in [2.75, 3.05) is 0 Å². The lowest BCUT2D eigenvalue weighted by Gasteiger charge is -2.16. The number of ketones is 1. The molecule has 0 amide bonds. The molecule has 2 rings (SSSR count). The molecule has 94 valence electrons. The number of carbonyl (C=O) groups excluding carboxylic acids is 1. The fourth-order valence-electron chi connectivity index (χ4n) is 1.49. The molecule has 1 aromatic rings. The van der Waals surface area contributed by atoms with E-state index in [0.29, 0.717) is 0 Å². The molecule has 0 unspecified atom stereocenters. The van der Waals surface area contributed by atoms with Crippen LogP contribution in [0.4, 0.5) is 0 Å². The third-order valence-electron chi connectivity index (χ3n) is 2.42. The second kappa shape index (κ2) is 3.73. The quantitative estimate of drug-likeness (QED) is 0.596. The van der Waals surface area contributed by atoms with Gasteiger partial charge in [-0.05, 0) is 25.1 Å². The number of hydrogen-bond donors (Lipinski definition) is 2. The summed E-state index contributed by atoms with van der Waals surface area (Å²) >= 11 is 0. The van der Waals surface area contributed by atoms with Gasteiger partial charge in [0.1, 0.15) is 0 Å². The Bertz CT molecular complexity index is 547. The Morgan fingerprint density at radius 1 is 1.06 bits per heavy atom. The Hall–Kier alpha value is -2.57. The van der Waals surface area contributed by atoms with Crippen LogP contribution in [0, 0.1) is 0 Å². The Balaban J connectivity index is 2.46. The summed E-state index contributed by atoms with van der Waals surface area (Å²) in [7, 11) is 0. The molecule has 1 aliphatic rings. The minimum Gasteiger partial charge on any atom is -0.475 e. The van der Waals surface area contributed by atoms with Crippen LogP contribution < -0.4 is 9.47 Å². The van der Waals surface area contributed by atoms with Crippen LogP contribution in [-0.4, -0.2) is 33.7 Å². The van der Waals surface area contributed by atoms with Crippen LogP contribution in [0.1, 0.15) is 17.3 Å². The summed E-state index contributed by atoms with van der Waals surface area (Å²) < 4.78 is 9.65. The number of carboxylic acid groups (broad SMARTS) is 2. The van der Waals surface area contributed by atoms with Crippen molar-refractivity contribution in [2.45, 2.75) is 12.7 Å². The van der Waals surface area contributed by atoms with E-state index in [-0.39, 0.29) is 22.8 Å². The summed E-state index contributed by atoms with van der Waals surface area (Å²) in [5.74, 6) is -6.74. The van der Waals surface area contributed by atoms with Crippen LogP contribution in [0.25, 0.3) is 0 Å². The molecular weight excluding hydrogens is 244 g/mol. The van der Waals surface area contributed by atoms with Gasteiger partial charge in [0.15, 0.2) is 17.3 Å². The largest absolute Gasteiger partial charge is 0.475 e. The van der Waals surface area contributed by atoms with E-state index in [1.54, 1.807) is 0 Å². The number of Topliss-reactive ketones (excluding diaryl/α,β-unsaturated/α-hetero) is 1. The van der Waals surface area contributed by atoms with Crippen LogP contribution >= 0.6 is 0 Å². The molecule has 0 spiro atoms. The Morgan fingerprint density at radius 2 is 1.61 bits per heavy atom. The highest BCUT2D eigenvalue weighted by atomic mass is 16.8. The second-order valence-corrected chi connectivity index (χ2v) is 3.65. The Kier molecular flexibility index (Phi) is 2.46. The fraction of sp³-hybridized carbons (Fsp3) is 0.182. The summed E-state index contributed by atoms with van der Waals surface area (Å²) in [5.41, 5.74) is 0.268. The van der Waals surface area contributed by atoms with Crippen molar-refractivity contribution in [2.24, 2.45) is 0 Å². The number of aliphatic carboxylic acids is 2. The van der Waals surface area contributed by atoms with Gasteiger partial charge in [-0.15, -0.1) is 0 Å². The lowest BCUT2D eigenvalue weighted by atomic mass is 10.1. The SMILES string of the molecule is CC(=O)c1ccc2c(c1)OC(C(=O)O)(C(=O)O)O2. The van der Waals surface area contributed by atoms with Crippen molar-refractivity contribution in [3.05, 3.63) is 23.8 Å². The minimum atomic E-state index is -2.79.